The van der Waals surface area contributed by atoms with Crippen LogP contribution in [0.2, 0.25) is 0 Å². The fourth-order valence-corrected chi connectivity index (χ4v) is 3.26. The van der Waals surface area contributed by atoms with Crippen LogP contribution in [-0.4, -0.2) is 18.6 Å². The molecule has 0 radical (unpaired) electrons. The summed E-state index contributed by atoms with van der Waals surface area (Å²) in [6.45, 7) is 6.55. The summed E-state index contributed by atoms with van der Waals surface area (Å²) >= 11 is 0. The second-order valence-electron chi connectivity index (χ2n) is 6.67. The number of anilines is 1. The van der Waals surface area contributed by atoms with Crippen LogP contribution in [0.3, 0.4) is 0 Å². The number of nitrogens with one attached hydrogen (secondary N) is 1. The van der Waals surface area contributed by atoms with Crippen LogP contribution in [0, 0.1) is 17.2 Å². The summed E-state index contributed by atoms with van der Waals surface area (Å²) < 4.78 is 0. The standard InChI is InChI=1S/C18H25N3/c1-13-4-3-9-21(14(13)2)18-8-5-15(10-16(18)11-19)12-20-17-6-7-17/h5,8,10,13-14,17,20H,3-4,6-7,9,12H2,1-2H3. The molecule has 2 fully saturated rings. The van der Waals surface area contributed by atoms with Gasteiger partial charge in [0.15, 0.2) is 0 Å². The van der Waals surface area contributed by atoms with Crippen LogP contribution in [-0.2, 0) is 6.54 Å². The maximum atomic E-state index is 9.52. The fourth-order valence-electron chi connectivity index (χ4n) is 3.26. The SMILES string of the molecule is CC1CCCN(c2ccc(CNC3CC3)cc2C#N)C1C. The Morgan fingerprint density at radius 2 is 2.10 bits per heavy atom. The van der Waals surface area contributed by atoms with Gasteiger partial charge in [0.1, 0.15) is 6.07 Å². The van der Waals surface area contributed by atoms with Gasteiger partial charge in [-0.05, 0) is 56.2 Å². The van der Waals surface area contributed by atoms with Gasteiger partial charge >= 0.3 is 0 Å². The van der Waals surface area contributed by atoms with Crippen LogP contribution >= 0.6 is 0 Å². The summed E-state index contributed by atoms with van der Waals surface area (Å²) in [5.41, 5.74) is 3.16. The molecule has 3 rings (SSSR count). The lowest BCUT2D eigenvalue weighted by atomic mass is 9.91. The van der Waals surface area contributed by atoms with Gasteiger partial charge < -0.3 is 10.2 Å². The van der Waals surface area contributed by atoms with Crippen molar-refractivity contribution in [2.45, 2.75) is 58.2 Å². The molecule has 3 heteroatoms. The molecule has 1 aromatic carbocycles. The van der Waals surface area contributed by atoms with E-state index in [1.165, 1.54) is 31.2 Å². The van der Waals surface area contributed by atoms with Crippen molar-refractivity contribution in [3.63, 3.8) is 0 Å². The molecular weight excluding hydrogens is 258 g/mol. The molecule has 1 aromatic rings. The maximum absolute atomic E-state index is 9.52. The minimum absolute atomic E-state index is 0.515. The Hall–Kier alpha value is -1.53. The van der Waals surface area contributed by atoms with Gasteiger partial charge in [-0.3, -0.25) is 0 Å². The van der Waals surface area contributed by atoms with Gasteiger partial charge in [0.2, 0.25) is 0 Å². The lowest BCUT2D eigenvalue weighted by Gasteiger charge is -2.40. The Balaban J connectivity index is 1.79. The van der Waals surface area contributed by atoms with Crippen molar-refractivity contribution in [3.05, 3.63) is 29.3 Å². The summed E-state index contributed by atoms with van der Waals surface area (Å²) in [7, 11) is 0. The summed E-state index contributed by atoms with van der Waals surface area (Å²) in [6, 6.07) is 10.0. The van der Waals surface area contributed by atoms with Crippen molar-refractivity contribution in [3.8, 4) is 6.07 Å². The van der Waals surface area contributed by atoms with E-state index in [1.807, 2.05) is 0 Å². The smallest absolute Gasteiger partial charge is 0.101 e. The molecular formula is C18H25N3. The van der Waals surface area contributed by atoms with E-state index in [9.17, 15) is 5.26 Å². The topological polar surface area (TPSA) is 39.1 Å². The minimum Gasteiger partial charge on any atom is -0.367 e. The highest BCUT2D eigenvalue weighted by Crippen LogP contribution is 2.31. The molecule has 0 amide bonds. The number of hydrogen-bond donors (Lipinski definition) is 1. The Morgan fingerprint density at radius 3 is 2.81 bits per heavy atom. The van der Waals surface area contributed by atoms with E-state index in [0.29, 0.717) is 18.0 Å². The van der Waals surface area contributed by atoms with Gasteiger partial charge in [-0.1, -0.05) is 13.0 Å². The van der Waals surface area contributed by atoms with Crippen LogP contribution < -0.4 is 10.2 Å². The van der Waals surface area contributed by atoms with Crippen molar-refractivity contribution >= 4 is 5.69 Å². The normalized spacial score (nSPS) is 25.7. The lowest BCUT2D eigenvalue weighted by Crippen LogP contribution is -2.42. The zero-order valence-electron chi connectivity index (χ0n) is 13.1. The largest absolute Gasteiger partial charge is 0.367 e. The second kappa shape index (κ2) is 6.07. The molecule has 0 bridgehead atoms. The zero-order valence-corrected chi connectivity index (χ0v) is 13.1. The monoisotopic (exact) mass is 283 g/mol. The highest BCUT2D eigenvalue weighted by molar-refractivity contribution is 5.61. The number of nitriles is 1. The molecule has 1 saturated carbocycles. The summed E-state index contributed by atoms with van der Waals surface area (Å²) in [6.07, 6.45) is 5.11. The van der Waals surface area contributed by atoms with Gasteiger partial charge in [0.05, 0.1) is 11.3 Å². The summed E-state index contributed by atoms with van der Waals surface area (Å²) in [5.74, 6) is 0.696. The molecule has 0 aromatic heterocycles. The highest BCUT2D eigenvalue weighted by Gasteiger charge is 2.26. The van der Waals surface area contributed by atoms with Crippen LogP contribution in [0.4, 0.5) is 5.69 Å². The number of rotatable bonds is 4. The number of hydrogen-bond acceptors (Lipinski definition) is 3. The third-order valence-corrected chi connectivity index (χ3v) is 5.04. The van der Waals surface area contributed by atoms with Gasteiger partial charge in [-0.25, -0.2) is 0 Å². The molecule has 2 atom stereocenters. The molecule has 2 aliphatic rings. The van der Waals surface area contributed by atoms with Gasteiger partial charge in [0.25, 0.3) is 0 Å². The number of piperidine rings is 1. The highest BCUT2D eigenvalue weighted by atomic mass is 15.2. The lowest BCUT2D eigenvalue weighted by molar-refractivity contribution is 0.363. The first-order chi connectivity index (χ1) is 10.2. The predicted octanol–water partition coefficient (Wildman–Crippen LogP) is 3.44. The van der Waals surface area contributed by atoms with E-state index >= 15 is 0 Å². The molecule has 1 aliphatic carbocycles. The molecule has 112 valence electrons. The van der Waals surface area contributed by atoms with E-state index in [0.717, 1.165) is 24.3 Å². The van der Waals surface area contributed by atoms with Gasteiger partial charge in [-0.15, -0.1) is 0 Å². The summed E-state index contributed by atoms with van der Waals surface area (Å²) in [4.78, 5) is 2.42. The first-order valence-electron chi connectivity index (χ1n) is 8.22. The number of nitrogens with zero attached hydrogens (tertiary/aromatic N) is 2. The molecule has 1 N–H and O–H groups in total. The van der Waals surface area contributed by atoms with E-state index in [-0.39, 0.29) is 0 Å². The summed E-state index contributed by atoms with van der Waals surface area (Å²) in [5, 5.41) is 13.0. The average Bonchev–Trinajstić information content (AvgIpc) is 3.32. The van der Waals surface area contributed by atoms with E-state index < -0.39 is 0 Å². The Bertz CT molecular complexity index is 542. The molecule has 1 aliphatic heterocycles. The fraction of sp³-hybridized carbons (Fsp3) is 0.611. The Kier molecular flexibility index (Phi) is 4.17. The second-order valence-corrected chi connectivity index (χ2v) is 6.67. The van der Waals surface area contributed by atoms with E-state index in [4.69, 9.17) is 0 Å². The number of benzene rings is 1. The zero-order chi connectivity index (χ0) is 14.8. The van der Waals surface area contributed by atoms with Gasteiger partial charge in [-0.2, -0.15) is 5.26 Å². The minimum atomic E-state index is 0.515. The maximum Gasteiger partial charge on any atom is 0.101 e. The average molecular weight is 283 g/mol. The molecule has 1 saturated heterocycles. The quantitative estimate of drug-likeness (QED) is 0.920. The van der Waals surface area contributed by atoms with Gasteiger partial charge in [0, 0.05) is 25.2 Å². The molecule has 21 heavy (non-hydrogen) atoms. The van der Waals surface area contributed by atoms with Crippen LogP contribution in [0.1, 0.15) is 50.7 Å². The molecule has 1 heterocycles. The van der Waals surface area contributed by atoms with E-state index in [2.05, 4.69) is 48.3 Å². The first-order valence-corrected chi connectivity index (χ1v) is 8.22. The first kappa shape index (κ1) is 14.4. The third kappa shape index (κ3) is 3.22. The van der Waals surface area contributed by atoms with Crippen molar-refractivity contribution < 1.29 is 0 Å². The third-order valence-electron chi connectivity index (χ3n) is 5.04. The molecule has 2 unspecified atom stereocenters. The van der Waals surface area contributed by atoms with Crippen molar-refractivity contribution in [2.24, 2.45) is 5.92 Å². The molecule has 3 nitrogen and oxygen atoms in total. The molecule has 0 spiro atoms. The van der Waals surface area contributed by atoms with Crippen LogP contribution in [0.25, 0.3) is 0 Å². The predicted molar refractivity (Wildman–Crippen MR) is 86.2 cm³/mol. The van der Waals surface area contributed by atoms with Crippen molar-refractivity contribution in [1.29, 1.82) is 5.26 Å². The van der Waals surface area contributed by atoms with Crippen LogP contribution in [0.5, 0.6) is 0 Å². The van der Waals surface area contributed by atoms with Crippen molar-refractivity contribution in [2.75, 3.05) is 11.4 Å². The van der Waals surface area contributed by atoms with E-state index in [1.54, 1.807) is 0 Å². The Labute approximate surface area is 128 Å². The Morgan fingerprint density at radius 1 is 1.29 bits per heavy atom. The van der Waals surface area contributed by atoms with Crippen LogP contribution in [0.15, 0.2) is 18.2 Å². The van der Waals surface area contributed by atoms with Crippen molar-refractivity contribution in [1.82, 2.24) is 5.32 Å².